The highest BCUT2D eigenvalue weighted by atomic mass is 16.5. The second-order valence-electron chi connectivity index (χ2n) is 5.28. The number of aryl methyl sites for hydroxylation is 1. The van der Waals surface area contributed by atoms with E-state index >= 15 is 0 Å². The molecule has 1 heterocycles. The van der Waals surface area contributed by atoms with Gasteiger partial charge in [0.05, 0.1) is 7.11 Å². The third kappa shape index (κ3) is 2.31. The van der Waals surface area contributed by atoms with Crippen LogP contribution in [0.5, 0.6) is 11.5 Å². The molecule has 3 heteroatoms. The van der Waals surface area contributed by atoms with E-state index in [0.717, 1.165) is 30.8 Å². The number of methoxy groups -OCH3 is 1. The lowest BCUT2D eigenvalue weighted by Crippen LogP contribution is -2.30. The largest absolute Gasteiger partial charge is 0.508 e. The first kappa shape index (κ1) is 12.9. The van der Waals surface area contributed by atoms with Crippen LogP contribution in [0.1, 0.15) is 16.7 Å². The van der Waals surface area contributed by atoms with Crippen LogP contribution < -0.4 is 9.64 Å². The molecule has 0 spiro atoms. The highest BCUT2D eigenvalue weighted by Crippen LogP contribution is 2.29. The van der Waals surface area contributed by atoms with Gasteiger partial charge in [0.2, 0.25) is 0 Å². The predicted octanol–water partition coefficient (Wildman–Crippen LogP) is 3.27. The van der Waals surface area contributed by atoms with E-state index in [9.17, 15) is 5.11 Å². The number of aromatic hydroxyl groups is 1. The van der Waals surface area contributed by atoms with Gasteiger partial charge in [0.25, 0.3) is 0 Å². The summed E-state index contributed by atoms with van der Waals surface area (Å²) in [6, 6.07) is 12.1. The molecular formula is C17H19NO2. The molecule has 0 aromatic heterocycles. The van der Waals surface area contributed by atoms with Gasteiger partial charge < -0.3 is 14.7 Å². The van der Waals surface area contributed by atoms with Gasteiger partial charge in [-0.3, -0.25) is 0 Å². The molecule has 1 aliphatic heterocycles. The van der Waals surface area contributed by atoms with Crippen molar-refractivity contribution in [1.29, 1.82) is 0 Å². The number of hydrogen-bond donors (Lipinski definition) is 1. The van der Waals surface area contributed by atoms with Crippen molar-refractivity contribution in [3.63, 3.8) is 0 Å². The van der Waals surface area contributed by atoms with Crippen molar-refractivity contribution < 1.29 is 9.84 Å². The van der Waals surface area contributed by atoms with Crippen molar-refractivity contribution in [3.05, 3.63) is 53.1 Å². The number of benzene rings is 2. The van der Waals surface area contributed by atoms with Crippen LogP contribution >= 0.6 is 0 Å². The molecule has 2 aromatic rings. The highest BCUT2D eigenvalue weighted by molar-refractivity contribution is 5.54. The number of hydrogen-bond acceptors (Lipinski definition) is 3. The van der Waals surface area contributed by atoms with E-state index < -0.39 is 0 Å². The number of phenols is 1. The summed E-state index contributed by atoms with van der Waals surface area (Å²) in [7, 11) is 1.70. The lowest BCUT2D eigenvalue weighted by atomic mass is 9.98. The molecule has 20 heavy (non-hydrogen) atoms. The summed E-state index contributed by atoms with van der Waals surface area (Å²) in [6.45, 7) is 3.83. The number of rotatable bonds is 2. The molecule has 0 saturated heterocycles. The van der Waals surface area contributed by atoms with Crippen LogP contribution in [0.15, 0.2) is 36.4 Å². The molecule has 0 fully saturated rings. The van der Waals surface area contributed by atoms with Crippen LogP contribution in [0.2, 0.25) is 0 Å². The molecule has 0 aliphatic carbocycles. The Labute approximate surface area is 119 Å². The summed E-state index contributed by atoms with van der Waals surface area (Å²) in [5.41, 5.74) is 4.81. The van der Waals surface area contributed by atoms with Crippen molar-refractivity contribution in [2.24, 2.45) is 0 Å². The van der Waals surface area contributed by atoms with Gasteiger partial charge >= 0.3 is 0 Å². The molecule has 0 bridgehead atoms. The maximum Gasteiger partial charge on any atom is 0.119 e. The predicted molar refractivity (Wildman–Crippen MR) is 80.6 cm³/mol. The first-order valence-corrected chi connectivity index (χ1v) is 6.88. The molecule has 0 unspecified atom stereocenters. The van der Waals surface area contributed by atoms with E-state index in [1.807, 2.05) is 25.1 Å². The smallest absolute Gasteiger partial charge is 0.119 e. The monoisotopic (exact) mass is 269 g/mol. The van der Waals surface area contributed by atoms with Gasteiger partial charge in [-0.15, -0.1) is 0 Å². The van der Waals surface area contributed by atoms with Crippen molar-refractivity contribution in [2.75, 3.05) is 18.6 Å². The van der Waals surface area contributed by atoms with Crippen LogP contribution in [-0.4, -0.2) is 18.8 Å². The van der Waals surface area contributed by atoms with E-state index in [-0.39, 0.29) is 0 Å². The van der Waals surface area contributed by atoms with Crippen molar-refractivity contribution in [3.8, 4) is 11.5 Å². The van der Waals surface area contributed by atoms with Crippen LogP contribution in [0.4, 0.5) is 5.69 Å². The molecule has 2 aromatic carbocycles. The number of phenolic OH excluding ortho intramolecular Hbond substituents is 1. The summed E-state index contributed by atoms with van der Waals surface area (Å²) < 4.78 is 5.28. The fourth-order valence-corrected chi connectivity index (χ4v) is 2.71. The Kier molecular flexibility index (Phi) is 3.26. The summed E-state index contributed by atoms with van der Waals surface area (Å²) in [4.78, 5) is 2.35. The molecular weight excluding hydrogens is 250 g/mol. The number of nitrogens with zero attached hydrogens (tertiary/aromatic N) is 1. The minimum absolute atomic E-state index is 0.357. The molecule has 0 radical (unpaired) electrons. The summed E-state index contributed by atoms with van der Waals surface area (Å²) in [6.07, 6.45) is 1.02. The first-order chi connectivity index (χ1) is 9.67. The third-order valence-electron chi connectivity index (χ3n) is 3.97. The fraction of sp³-hybridized carbons (Fsp3) is 0.294. The number of anilines is 1. The SMILES string of the molecule is COc1ccc2c(c1)CCN(c1ccc(O)c(C)c1)C2. The fourth-order valence-electron chi connectivity index (χ4n) is 2.71. The van der Waals surface area contributed by atoms with Crippen LogP contribution in [0.3, 0.4) is 0 Å². The molecule has 0 amide bonds. The van der Waals surface area contributed by atoms with Crippen LogP contribution in [0.25, 0.3) is 0 Å². The lowest BCUT2D eigenvalue weighted by molar-refractivity contribution is 0.414. The molecule has 3 nitrogen and oxygen atoms in total. The highest BCUT2D eigenvalue weighted by Gasteiger charge is 2.17. The zero-order chi connectivity index (χ0) is 14.1. The van der Waals surface area contributed by atoms with Crippen molar-refractivity contribution in [1.82, 2.24) is 0 Å². The summed E-state index contributed by atoms with van der Waals surface area (Å²) in [5, 5.41) is 9.63. The summed E-state index contributed by atoms with van der Waals surface area (Å²) in [5.74, 6) is 1.29. The van der Waals surface area contributed by atoms with Crippen molar-refractivity contribution in [2.45, 2.75) is 19.9 Å². The van der Waals surface area contributed by atoms with Gasteiger partial charge in [0, 0.05) is 18.8 Å². The standard InChI is InChI=1S/C17H19NO2/c1-12-9-15(4-6-17(12)19)18-8-7-13-10-16(20-2)5-3-14(13)11-18/h3-6,9-10,19H,7-8,11H2,1-2H3. The number of ether oxygens (including phenoxy) is 1. The molecule has 104 valence electrons. The molecule has 0 saturated carbocycles. The Morgan fingerprint density at radius 3 is 2.70 bits per heavy atom. The molecule has 3 rings (SSSR count). The van der Waals surface area contributed by atoms with E-state index in [0.29, 0.717) is 5.75 Å². The van der Waals surface area contributed by atoms with Gasteiger partial charge in [0.15, 0.2) is 0 Å². The normalized spacial score (nSPS) is 14.0. The topological polar surface area (TPSA) is 32.7 Å². The number of fused-ring (bicyclic) bond motifs is 1. The maximum absolute atomic E-state index is 9.63. The Morgan fingerprint density at radius 1 is 1.10 bits per heavy atom. The Bertz CT molecular complexity index is 637. The average Bonchev–Trinajstić information content (AvgIpc) is 2.49. The zero-order valence-electron chi connectivity index (χ0n) is 11.9. The molecule has 1 aliphatic rings. The van der Waals surface area contributed by atoms with E-state index in [2.05, 4.69) is 17.0 Å². The van der Waals surface area contributed by atoms with Gasteiger partial charge in [-0.25, -0.2) is 0 Å². The third-order valence-corrected chi connectivity index (χ3v) is 3.97. The van der Waals surface area contributed by atoms with Gasteiger partial charge in [-0.05, 0) is 60.4 Å². The van der Waals surface area contributed by atoms with Crippen molar-refractivity contribution >= 4 is 5.69 Å². The molecule has 1 N–H and O–H groups in total. The summed E-state index contributed by atoms with van der Waals surface area (Å²) >= 11 is 0. The van der Waals surface area contributed by atoms with Gasteiger partial charge in [-0.2, -0.15) is 0 Å². The Hall–Kier alpha value is -2.16. The quantitative estimate of drug-likeness (QED) is 0.908. The van der Waals surface area contributed by atoms with Gasteiger partial charge in [0.1, 0.15) is 11.5 Å². The van der Waals surface area contributed by atoms with Crippen LogP contribution in [0, 0.1) is 6.92 Å². The van der Waals surface area contributed by atoms with Gasteiger partial charge in [-0.1, -0.05) is 6.07 Å². The second kappa shape index (κ2) is 5.08. The minimum atomic E-state index is 0.357. The maximum atomic E-state index is 9.63. The zero-order valence-corrected chi connectivity index (χ0v) is 11.9. The minimum Gasteiger partial charge on any atom is -0.508 e. The first-order valence-electron chi connectivity index (χ1n) is 6.88. The van der Waals surface area contributed by atoms with E-state index in [1.165, 1.54) is 16.8 Å². The second-order valence-corrected chi connectivity index (χ2v) is 5.28. The lowest BCUT2D eigenvalue weighted by Gasteiger charge is -2.31. The Balaban J connectivity index is 1.86. The Morgan fingerprint density at radius 2 is 1.95 bits per heavy atom. The van der Waals surface area contributed by atoms with E-state index in [1.54, 1.807) is 13.2 Å². The molecule has 0 atom stereocenters. The van der Waals surface area contributed by atoms with Crippen LogP contribution in [-0.2, 0) is 13.0 Å². The average molecular weight is 269 g/mol. The van der Waals surface area contributed by atoms with E-state index in [4.69, 9.17) is 4.74 Å².